The highest BCUT2D eigenvalue weighted by Crippen LogP contribution is 2.27. The van der Waals surface area contributed by atoms with Gasteiger partial charge in [0.05, 0.1) is 28.6 Å². The Morgan fingerprint density at radius 1 is 1.16 bits per heavy atom. The minimum atomic E-state index is -3.70. The number of carbonyl (C=O) groups excluding carboxylic acids is 1. The number of hydrogen-bond donors (Lipinski definition) is 1. The van der Waals surface area contributed by atoms with Crippen molar-refractivity contribution in [1.29, 1.82) is 0 Å². The lowest BCUT2D eigenvalue weighted by Crippen LogP contribution is -2.47. The Morgan fingerprint density at radius 3 is 2.44 bits per heavy atom. The van der Waals surface area contributed by atoms with E-state index < -0.39 is 15.9 Å². The van der Waals surface area contributed by atoms with Gasteiger partial charge in [0.25, 0.3) is 5.91 Å². The smallest absolute Gasteiger partial charge is 0.253 e. The van der Waals surface area contributed by atoms with E-state index in [1.165, 1.54) is 22.5 Å². The quantitative estimate of drug-likeness (QED) is 0.657. The number of benzene rings is 2. The van der Waals surface area contributed by atoms with Crippen LogP contribution in [0.15, 0.2) is 41.3 Å². The van der Waals surface area contributed by atoms with Crippen molar-refractivity contribution in [3.05, 3.63) is 58.1 Å². The first-order chi connectivity index (χ1) is 15.2. The monoisotopic (exact) mass is 479 g/mol. The van der Waals surface area contributed by atoms with Gasteiger partial charge in [-0.2, -0.15) is 4.31 Å². The third kappa shape index (κ3) is 5.26. The number of amides is 1. The summed E-state index contributed by atoms with van der Waals surface area (Å²) in [7, 11) is -0.125. The van der Waals surface area contributed by atoms with Gasteiger partial charge >= 0.3 is 0 Å². The molecule has 1 N–H and O–H groups in total. The molecular formula is C23H30ClN3O4S. The van der Waals surface area contributed by atoms with E-state index in [9.17, 15) is 13.2 Å². The lowest BCUT2D eigenvalue weighted by Gasteiger charge is -2.31. The van der Waals surface area contributed by atoms with Crippen LogP contribution >= 0.6 is 11.6 Å². The van der Waals surface area contributed by atoms with Crippen molar-refractivity contribution in [2.45, 2.75) is 31.2 Å². The zero-order valence-corrected chi connectivity index (χ0v) is 20.5. The molecule has 1 fully saturated rings. The third-order valence-electron chi connectivity index (χ3n) is 5.82. The molecule has 174 valence electrons. The van der Waals surface area contributed by atoms with Crippen LogP contribution in [-0.4, -0.2) is 63.9 Å². The lowest BCUT2D eigenvalue weighted by atomic mass is 10.0. The second kappa shape index (κ2) is 10.2. The van der Waals surface area contributed by atoms with Gasteiger partial charge in [0.15, 0.2) is 0 Å². The highest BCUT2D eigenvalue weighted by molar-refractivity contribution is 7.89. The number of piperazine rings is 1. The number of halogens is 1. The fourth-order valence-electron chi connectivity index (χ4n) is 3.79. The summed E-state index contributed by atoms with van der Waals surface area (Å²) in [6, 6.07) is 9.81. The Balaban J connectivity index is 1.84. The second-order valence-electron chi connectivity index (χ2n) is 8.01. The van der Waals surface area contributed by atoms with Gasteiger partial charge in [0.2, 0.25) is 10.0 Å². The maximum absolute atomic E-state index is 13.1. The van der Waals surface area contributed by atoms with E-state index >= 15 is 0 Å². The van der Waals surface area contributed by atoms with Crippen molar-refractivity contribution < 1.29 is 17.9 Å². The molecule has 1 atom stereocenters. The number of hydrogen-bond acceptors (Lipinski definition) is 5. The van der Waals surface area contributed by atoms with E-state index in [4.69, 9.17) is 16.3 Å². The number of sulfonamides is 1. The molecule has 1 saturated heterocycles. The van der Waals surface area contributed by atoms with Gasteiger partial charge in [0, 0.05) is 26.2 Å². The van der Waals surface area contributed by atoms with Crippen LogP contribution in [0.2, 0.25) is 5.02 Å². The van der Waals surface area contributed by atoms with E-state index in [1.807, 2.05) is 39.1 Å². The van der Waals surface area contributed by atoms with Crippen LogP contribution in [0.4, 0.5) is 0 Å². The number of likely N-dealkylation sites (N-methyl/N-ethyl adjacent to an activating group) is 1. The van der Waals surface area contributed by atoms with Gasteiger partial charge in [-0.25, -0.2) is 8.42 Å². The molecule has 2 aromatic rings. The van der Waals surface area contributed by atoms with Crippen LogP contribution in [-0.2, 0) is 10.0 Å². The summed E-state index contributed by atoms with van der Waals surface area (Å²) in [5.74, 6) is 0.366. The fourth-order valence-corrected chi connectivity index (χ4v) is 5.44. The molecule has 0 unspecified atom stereocenters. The van der Waals surface area contributed by atoms with Gasteiger partial charge in [-0.3, -0.25) is 4.79 Å². The lowest BCUT2D eigenvalue weighted by molar-refractivity contribution is 0.0935. The first kappa shape index (κ1) is 24.5. The zero-order chi connectivity index (χ0) is 23.5. The first-order valence-electron chi connectivity index (χ1n) is 10.6. The number of rotatable bonds is 7. The van der Waals surface area contributed by atoms with Crippen molar-refractivity contribution in [3.8, 4) is 5.75 Å². The summed E-state index contributed by atoms with van der Waals surface area (Å²) in [6.07, 6.45) is 0.661. The molecule has 9 heteroatoms. The number of methoxy groups -OCH3 is 1. The molecule has 3 rings (SSSR count). The minimum absolute atomic E-state index is 0.0740. The van der Waals surface area contributed by atoms with Gasteiger partial charge < -0.3 is 15.0 Å². The molecule has 0 aliphatic carbocycles. The Morgan fingerprint density at radius 2 is 1.84 bits per heavy atom. The molecule has 0 aromatic heterocycles. The fraction of sp³-hybridized carbons (Fsp3) is 0.435. The van der Waals surface area contributed by atoms with Crippen LogP contribution in [0.5, 0.6) is 5.75 Å². The van der Waals surface area contributed by atoms with Crippen LogP contribution < -0.4 is 10.1 Å². The molecule has 1 heterocycles. The average molecular weight is 480 g/mol. The van der Waals surface area contributed by atoms with Crippen LogP contribution in [0.3, 0.4) is 0 Å². The molecule has 0 saturated carbocycles. The van der Waals surface area contributed by atoms with Crippen LogP contribution in [0.1, 0.15) is 40.9 Å². The number of ether oxygens (including phenoxy) is 1. The molecule has 32 heavy (non-hydrogen) atoms. The SMILES string of the molecule is CC[C@H](NC(=O)c1cc(S(=O)(=O)N2CCN(C)CC2)ccc1Cl)c1ccc(OC)c(C)c1. The van der Waals surface area contributed by atoms with Crippen LogP contribution in [0, 0.1) is 6.92 Å². The molecule has 1 aliphatic rings. The molecule has 0 radical (unpaired) electrons. The van der Waals surface area contributed by atoms with Gasteiger partial charge in [-0.05, 0) is 55.8 Å². The Bertz CT molecular complexity index is 1080. The number of nitrogens with zero attached hydrogens (tertiary/aromatic N) is 2. The number of carbonyl (C=O) groups is 1. The zero-order valence-electron chi connectivity index (χ0n) is 18.9. The topological polar surface area (TPSA) is 79.0 Å². The van der Waals surface area contributed by atoms with Crippen molar-refractivity contribution in [2.75, 3.05) is 40.3 Å². The summed E-state index contributed by atoms with van der Waals surface area (Å²) < 4.78 is 33.0. The number of aryl methyl sites for hydroxylation is 1. The molecule has 2 aromatic carbocycles. The molecular weight excluding hydrogens is 450 g/mol. The van der Waals surface area contributed by atoms with Crippen LogP contribution in [0.25, 0.3) is 0 Å². The summed E-state index contributed by atoms with van der Waals surface area (Å²) in [6.45, 7) is 6.08. The summed E-state index contributed by atoms with van der Waals surface area (Å²) in [5.41, 5.74) is 2.05. The van der Waals surface area contributed by atoms with Crippen molar-refractivity contribution in [3.63, 3.8) is 0 Å². The molecule has 1 aliphatic heterocycles. The van der Waals surface area contributed by atoms with E-state index in [0.717, 1.165) is 16.9 Å². The Kier molecular flexibility index (Phi) is 7.82. The van der Waals surface area contributed by atoms with Gasteiger partial charge in [0.1, 0.15) is 5.75 Å². The summed E-state index contributed by atoms with van der Waals surface area (Å²) in [4.78, 5) is 15.2. The Hall–Kier alpha value is -2.13. The van der Waals surface area contributed by atoms with E-state index in [0.29, 0.717) is 32.6 Å². The normalized spacial score (nSPS) is 16.5. The van der Waals surface area contributed by atoms with E-state index in [1.54, 1.807) is 7.11 Å². The largest absolute Gasteiger partial charge is 0.496 e. The maximum atomic E-state index is 13.1. The third-order valence-corrected chi connectivity index (χ3v) is 8.04. The highest BCUT2D eigenvalue weighted by atomic mass is 35.5. The predicted molar refractivity (Wildman–Crippen MR) is 126 cm³/mol. The van der Waals surface area contributed by atoms with Crippen molar-refractivity contribution in [1.82, 2.24) is 14.5 Å². The number of nitrogens with one attached hydrogen (secondary N) is 1. The first-order valence-corrected chi connectivity index (χ1v) is 12.4. The predicted octanol–water partition coefficient (Wildman–Crippen LogP) is 3.47. The molecule has 0 spiro atoms. The van der Waals surface area contributed by atoms with Gasteiger partial charge in [-0.1, -0.05) is 30.7 Å². The molecule has 7 nitrogen and oxygen atoms in total. The standard InChI is InChI=1S/C23H30ClN3O4S/c1-5-21(17-6-9-22(31-4)16(2)14-17)25-23(28)19-15-18(7-8-20(19)24)32(29,30)27-12-10-26(3)11-13-27/h6-9,14-15,21H,5,10-13H2,1-4H3,(H,25,28)/t21-/m0/s1. The highest BCUT2D eigenvalue weighted by Gasteiger charge is 2.29. The maximum Gasteiger partial charge on any atom is 0.253 e. The second-order valence-corrected chi connectivity index (χ2v) is 10.4. The Labute approximate surface area is 195 Å². The summed E-state index contributed by atoms with van der Waals surface area (Å²) >= 11 is 6.29. The van der Waals surface area contributed by atoms with Crippen molar-refractivity contribution >= 4 is 27.5 Å². The van der Waals surface area contributed by atoms with Crippen molar-refractivity contribution in [2.24, 2.45) is 0 Å². The van der Waals surface area contributed by atoms with E-state index in [-0.39, 0.29) is 21.5 Å². The average Bonchev–Trinajstić information content (AvgIpc) is 2.77. The molecule has 1 amide bonds. The minimum Gasteiger partial charge on any atom is -0.496 e. The van der Waals surface area contributed by atoms with E-state index in [2.05, 4.69) is 10.2 Å². The van der Waals surface area contributed by atoms with Gasteiger partial charge in [-0.15, -0.1) is 0 Å². The summed E-state index contributed by atoms with van der Waals surface area (Å²) in [5, 5.41) is 3.20. The molecule has 0 bridgehead atoms.